The number of aryl methyl sites for hydroxylation is 1. The van der Waals surface area contributed by atoms with Crippen molar-refractivity contribution in [1.29, 1.82) is 0 Å². The summed E-state index contributed by atoms with van der Waals surface area (Å²) in [7, 11) is 1.67. The summed E-state index contributed by atoms with van der Waals surface area (Å²) in [5, 5.41) is 1.89. The number of nitrogens with zero attached hydrogens (tertiary/aromatic N) is 2. The van der Waals surface area contributed by atoms with Crippen LogP contribution >= 0.6 is 11.6 Å². The zero-order valence-electron chi connectivity index (χ0n) is 11.4. The van der Waals surface area contributed by atoms with Crippen molar-refractivity contribution in [2.45, 2.75) is 13.5 Å². The van der Waals surface area contributed by atoms with Crippen molar-refractivity contribution in [1.82, 2.24) is 9.55 Å². The zero-order valence-corrected chi connectivity index (χ0v) is 12.2. The van der Waals surface area contributed by atoms with Crippen LogP contribution in [0.4, 0.5) is 0 Å². The summed E-state index contributed by atoms with van der Waals surface area (Å²) in [5.41, 5.74) is 3.09. The fraction of sp³-hybridized carbons (Fsp3) is 0.188. The van der Waals surface area contributed by atoms with Crippen LogP contribution in [0, 0.1) is 6.92 Å². The van der Waals surface area contributed by atoms with Crippen LogP contribution in [0.2, 0.25) is 5.02 Å². The topological polar surface area (TPSA) is 27.1 Å². The van der Waals surface area contributed by atoms with Crippen molar-refractivity contribution >= 4 is 22.5 Å². The molecule has 0 bridgehead atoms. The Kier molecular flexibility index (Phi) is 3.36. The number of hydrogen-bond acceptors (Lipinski definition) is 2. The first-order chi connectivity index (χ1) is 9.65. The SMILES string of the molecule is COc1cc(C)nc(Cn2ccc3cc(Cl)ccc32)c1. The van der Waals surface area contributed by atoms with Crippen LogP contribution in [0.5, 0.6) is 5.75 Å². The molecule has 2 heterocycles. The second-order valence-corrected chi connectivity index (χ2v) is 5.22. The Morgan fingerprint density at radius 2 is 2.05 bits per heavy atom. The summed E-state index contributed by atoms with van der Waals surface area (Å²) >= 11 is 6.01. The molecule has 3 rings (SSSR count). The Labute approximate surface area is 122 Å². The Bertz CT molecular complexity index is 764. The summed E-state index contributed by atoms with van der Waals surface area (Å²) in [6.07, 6.45) is 2.05. The Hall–Kier alpha value is -2.00. The van der Waals surface area contributed by atoms with E-state index in [1.54, 1.807) is 7.11 Å². The van der Waals surface area contributed by atoms with Crippen LogP contribution in [0.3, 0.4) is 0 Å². The van der Waals surface area contributed by atoms with Crippen molar-refractivity contribution in [3.63, 3.8) is 0 Å². The minimum Gasteiger partial charge on any atom is -0.497 e. The standard InChI is InChI=1S/C16H15ClN2O/c1-11-7-15(20-2)9-14(18-11)10-19-6-5-12-8-13(17)3-4-16(12)19/h3-9H,10H2,1-2H3. The first-order valence-corrected chi connectivity index (χ1v) is 6.79. The molecule has 3 nitrogen and oxygen atoms in total. The zero-order chi connectivity index (χ0) is 14.1. The van der Waals surface area contributed by atoms with Gasteiger partial charge in [-0.05, 0) is 31.2 Å². The summed E-state index contributed by atoms with van der Waals surface area (Å²) < 4.78 is 7.45. The van der Waals surface area contributed by atoms with Crippen molar-refractivity contribution in [2.24, 2.45) is 0 Å². The fourth-order valence-corrected chi connectivity index (χ4v) is 2.57. The minimum atomic E-state index is 0.711. The number of hydrogen-bond donors (Lipinski definition) is 0. The predicted octanol–water partition coefficient (Wildman–Crippen LogP) is 4.06. The van der Waals surface area contributed by atoms with Crippen LogP contribution in [0.15, 0.2) is 42.6 Å². The van der Waals surface area contributed by atoms with E-state index < -0.39 is 0 Å². The molecule has 0 aliphatic heterocycles. The van der Waals surface area contributed by atoms with Gasteiger partial charge >= 0.3 is 0 Å². The highest BCUT2D eigenvalue weighted by atomic mass is 35.5. The summed E-state index contributed by atoms with van der Waals surface area (Å²) in [4.78, 5) is 4.55. The highest BCUT2D eigenvalue weighted by molar-refractivity contribution is 6.31. The monoisotopic (exact) mass is 286 g/mol. The summed E-state index contributed by atoms with van der Waals surface area (Å²) in [6.45, 7) is 2.68. The molecule has 0 radical (unpaired) electrons. The van der Waals surface area contributed by atoms with Gasteiger partial charge in [-0.25, -0.2) is 0 Å². The molecule has 0 atom stereocenters. The summed E-state index contributed by atoms with van der Waals surface area (Å²) in [5.74, 6) is 0.840. The quantitative estimate of drug-likeness (QED) is 0.726. The second-order valence-electron chi connectivity index (χ2n) is 4.79. The van der Waals surface area contributed by atoms with Crippen LogP contribution in [0.1, 0.15) is 11.4 Å². The average Bonchev–Trinajstić information content (AvgIpc) is 2.80. The fourth-order valence-electron chi connectivity index (χ4n) is 2.39. The van der Waals surface area contributed by atoms with Gasteiger partial charge in [0.05, 0.1) is 19.3 Å². The highest BCUT2D eigenvalue weighted by Gasteiger charge is 2.05. The number of pyridine rings is 1. The molecule has 20 heavy (non-hydrogen) atoms. The molecule has 2 aromatic heterocycles. The molecular weight excluding hydrogens is 272 g/mol. The first kappa shape index (κ1) is 13.0. The van der Waals surface area contributed by atoms with E-state index in [1.807, 2.05) is 37.3 Å². The lowest BCUT2D eigenvalue weighted by Gasteiger charge is -2.08. The van der Waals surface area contributed by atoms with E-state index >= 15 is 0 Å². The molecule has 0 N–H and O–H groups in total. The van der Waals surface area contributed by atoms with Crippen molar-refractivity contribution < 1.29 is 4.74 Å². The minimum absolute atomic E-state index is 0.711. The molecule has 1 aromatic carbocycles. The van der Waals surface area contributed by atoms with Gasteiger partial charge in [-0.1, -0.05) is 11.6 Å². The van der Waals surface area contributed by atoms with Crippen LogP contribution in [-0.2, 0) is 6.54 Å². The normalized spacial score (nSPS) is 10.9. The van der Waals surface area contributed by atoms with Gasteiger partial charge in [0.15, 0.2) is 0 Å². The number of ether oxygens (including phenoxy) is 1. The van der Waals surface area contributed by atoms with Crippen molar-refractivity contribution in [2.75, 3.05) is 7.11 Å². The molecule has 3 aromatic rings. The lowest BCUT2D eigenvalue weighted by atomic mass is 10.2. The number of fused-ring (bicyclic) bond motifs is 1. The van der Waals surface area contributed by atoms with E-state index in [0.29, 0.717) is 6.54 Å². The first-order valence-electron chi connectivity index (χ1n) is 6.41. The number of rotatable bonds is 3. The van der Waals surface area contributed by atoms with Gasteiger partial charge in [0.2, 0.25) is 0 Å². The molecule has 0 aliphatic rings. The molecule has 0 saturated carbocycles. The van der Waals surface area contributed by atoms with Gasteiger partial charge < -0.3 is 9.30 Å². The Balaban J connectivity index is 1.99. The molecule has 0 aliphatic carbocycles. The molecule has 4 heteroatoms. The Morgan fingerprint density at radius 3 is 2.85 bits per heavy atom. The van der Waals surface area contributed by atoms with E-state index in [9.17, 15) is 0 Å². The van der Waals surface area contributed by atoms with Gasteiger partial charge in [-0.2, -0.15) is 0 Å². The van der Waals surface area contributed by atoms with Crippen LogP contribution < -0.4 is 4.74 Å². The third-order valence-corrected chi connectivity index (χ3v) is 3.52. The molecule has 0 fully saturated rings. The Morgan fingerprint density at radius 1 is 1.20 bits per heavy atom. The van der Waals surface area contributed by atoms with E-state index in [4.69, 9.17) is 16.3 Å². The average molecular weight is 287 g/mol. The van der Waals surface area contributed by atoms with Gasteiger partial charge in [0, 0.05) is 39.9 Å². The van der Waals surface area contributed by atoms with Gasteiger partial charge in [-0.3, -0.25) is 4.98 Å². The third-order valence-electron chi connectivity index (χ3n) is 3.28. The maximum Gasteiger partial charge on any atom is 0.122 e. The lowest BCUT2D eigenvalue weighted by Crippen LogP contribution is -2.02. The number of benzene rings is 1. The smallest absolute Gasteiger partial charge is 0.122 e. The number of halogens is 1. The van der Waals surface area contributed by atoms with Crippen molar-refractivity contribution in [3.05, 3.63) is 59.0 Å². The van der Waals surface area contributed by atoms with E-state index in [0.717, 1.165) is 33.1 Å². The van der Waals surface area contributed by atoms with Crippen molar-refractivity contribution in [3.8, 4) is 5.75 Å². The van der Waals surface area contributed by atoms with Gasteiger partial charge in [0.25, 0.3) is 0 Å². The lowest BCUT2D eigenvalue weighted by molar-refractivity contribution is 0.413. The second kappa shape index (κ2) is 5.17. The molecule has 0 unspecified atom stereocenters. The van der Waals surface area contributed by atoms with E-state index in [-0.39, 0.29) is 0 Å². The largest absolute Gasteiger partial charge is 0.497 e. The maximum absolute atomic E-state index is 6.01. The number of methoxy groups -OCH3 is 1. The molecule has 0 spiro atoms. The van der Waals surface area contributed by atoms with Gasteiger partial charge in [0.1, 0.15) is 5.75 Å². The van der Waals surface area contributed by atoms with Crippen LogP contribution in [0.25, 0.3) is 10.9 Å². The molecule has 0 amide bonds. The maximum atomic E-state index is 6.01. The van der Waals surface area contributed by atoms with Crippen LogP contribution in [-0.4, -0.2) is 16.7 Å². The highest BCUT2D eigenvalue weighted by Crippen LogP contribution is 2.22. The predicted molar refractivity (Wildman–Crippen MR) is 81.6 cm³/mol. The van der Waals surface area contributed by atoms with E-state index in [2.05, 4.69) is 21.8 Å². The molecule has 102 valence electrons. The van der Waals surface area contributed by atoms with Gasteiger partial charge in [-0.15, -0.1) is 0 Å². The molecule has 0 saturated heterocycles. The third kappa shape index (κ3) is 2.49. The number of aromatic nitrogens is 2. The summed E-state index contributed by atoms with van der Waals surface area (Å²) in [6, 6.07) is 11.9. The molecular formula is C16H15ClN2O. The van der Waals surface area contributed by atoms with E-state index in [1.165, 1.54) is 0 Å².